The van der Waals surface area contributed by atoms with E-state index in [4.69, 9.17) is 0 Å². The lowest BCUT2D eigenvalue weighted by atomic mass is 10.1. The van der Waals surface area contributed by atoms with Crippen molar-refractivity contribution in [1.82, 2.24) is 9.47 Å². The van der Waals surface area contributed by atoms with Crippen molar-refractivity contribution in [3.8, 4) is 0 Å². The van der Waals surface area contributed by atoms with Gasteiger partial charge in [0.15, 0.2) is 0 Å². The Kier molecular flexibility index (Phi) is 2.39. The van der Waals surface area contributed by atoms with Crippen molar-refractivity contribution >= 4 is 16.8 Å². The van der Waals surface area contributed by atoms with Gasteiger partial charge in [0, 0.05) is 42.8 Å². The maximum absolute atomic E-state index is 12.4. The molecule has 0 atom stereocenters. The fourth-order valence-electron chi connectivity index (χ4n) is 2.58. The maximum Gasteiger partial charge on any atom is 0.254 e. The van der Waals surface area contributed by atoms with E-state index in [1.807, 2.05) is 36.3 Å². The molecule has 0 saturated carbocycles. The number of aryl methyl sites for hydroxylation is 1. The Morgan fingerprint density at radius 1 is 1.18 bits per heavy atom. The van der Waals surface area contributed by atoms with Gasteiger partial charge in [0.25, 0.3) is 5.91 Å². The number of carbonyl (C=O) groups excluding carboxylic acids is 1. The van der Waals surface area contributed by atoms with Gasteiger partial charge < -0.3 is 9.47 Å². The molecule has 1 aromatic carbocycles. The number of likely N-dealkylation sites (tertiary alicyclic amines) is 1. The number of nitrogens with zero attached hydrogens (tertiary/aromatic N) is 2. The molecule has 1 aliphatic rings. The summed E-state index contributed by atoms with van der Waals surface area (Å²) in [6.07, 6.45) is 4.28. The number of fused-ring (bicyclic) bond motifs is 1. The van der Waals surface area contributed by atoms with Gasteiger partial charge in [0.1, 0.15) is 0 Å². The quantitative estimate of drug-likeness (QED) is 0.736. The summed E-state index contributed by atoms with van der Waals surface area (Å²) in [5.74, 6) is 0.180. The Morgan fingerprint density at radius 2 is 1.94 bits per heavy atom. The van der Waals surface area contributed by atoms with Gasteiger partial charge >= 0.3 is 0 Å². The van der Waals surface area contributed by atoms with Crippen LogP contribution in [0.4, 0.5) is 0 Å². The minimum Gasteiger partial charge on any atom is -0.351 e. The van der Waals surface area contributed by atoms with Gasteiger partial charge in [-0.25, -0.2) is 0 Å². The van der Waals surface area contributed by atoms with E-state index in [0.29, 0.717) is 0 Å². The van der Waals surface area contributed by atoms with Crippen LogP contribution in [0.25, 0.3) is 10.9 Å². The summed E-state index contributed by atoms with van der Waals surface area (Å²) in [5.41, 5.74) is 1.96. The number of hydrogen-bond acceptors (Lipinski definition) is 1. The fourth-order valence-corrected chi connectivity index (χ4v) is 2.58. The van der Waals surface area contributed by atoms with Crippen LogP contribution in [0.2, 0.25) is 0 Å². The Morgan fingerprint density at radius 3 is 2.71 bits per heavy atom. The molecular weight excluding hydrogens is 212 g/mol. The van der Waals surface area contributed by atoms with Crippen molar-refractivity contribution < 1.29 is 4.79 Å². The van der Waals surface area contributed by atoms with Crippen LogP contribution in [0.1, 0.15) is 23.2 Å². The SMILES string of the molecule is Cn1ccc2c(C(=O)N3CCCC3)cccc21. The minimum atomic E-state index is 0.180. The molecule has 2 heterocycles. The van der Waals surface area contributed by atoms with Crippen LogP contribution in [-0.4, -0.2) is 28.5 Å². The molecule has 3 heteroatoms. The van der Waals surface area contributed by atoms with Crippen molar-refractivity contribution in [2.24, 2.45) is 7.05 Å². The molecule has 2 aromatic rings. The molecule has 1 aromatic heterocycles. The molecule has 3 rings (SSSR count). The van der Waals surface area contributed by atoms with E-state index in [1.165, 1.54) is 0 Å². The summed E-state index contributed by atoms with van der Waals surface area (Å²) in [6, 6.07) is 7.98. The van der Waals surface area contributed by atoms with Crippen LogP contribution in [0.3, 0.4) is 0 Å². The Hall–Kier alpha value is -1.77. The second-order valence-corrected chi connectivity index (χ2v) is 4.66. The number of hydrogen-bond donors (Lipinski definition) is 0. The Balaban J connectivity index is 2.07. The van der Waals surface area contributed by atoms with Crippen molar-refractivity contribution in [1.29, 1.82) is 0 Å². The molecule has 0 aliphatic carbocycles. The average Bonchev–Trinajstić information content (AvgIpc) is 2.98. The first-order valence-corrected chi connectivity index (χ1v) is 6.11. The monoisotopic (exact) mass is 228 g/mol. The minimum absolute atomic E-state index is 0.180. The van der Waals surface area contributed by atoms with Crippen LogP contribution in [-0.2, 0) is 7.05 Å². The summed E-state index contributed by atoms with van der Waals surface area (Å²) in [6.45, 7) is 1.81. The molecule has 1 amide bonds. The molecule has 0 unspecified atom stereocenters. The molecule has 17 heavy (non-hydrogen) atoms. The zero-order valence-corrected chi connectivity index (χ0v) is 10.0. The lowest BCUT2D eigenvalue weighted by Gasteiger charge is -2.15. The summed E-state index contributed by atoms with van der Waals surface area (Å²) in [4.78, 5) is 14.3. The first-order valence-electron chi connectivity index (χ1n) is 6.11. The Labute approximate surface area is 101 Å². The van der Waals surface area contributed by atoms with E-state index >= 15 is 0 Å². The van der Waals surface area contributed by atoms with E-state index < -0.39 is 0 Å². The maximum atomic E-state index is 12.4. The van der Waals surface area contributed by atoms with Crippen molar-refractivity contribution in [3.63, 3.8) is 0 Å². The molecular formula is C14H16N2O. The molecule has 0 radical (unpaired) electrons. The van der Waals surface area contributed by atoms with Gasteiger partial charge in [0.05, 0.1) is 0 Å². The topological polar surface area (TPSA) is 25.2 Å². The summed E-state index contributed by atoms with van der Waals surface area (Å²) >= 11 is 0. The lowest BCUT2D eigenvalue weighted by molar-refractivity contribution is 0.0795. The number of benzene rings is 1. The third-order valence-corrected chi connectivity index (χ3v) is 3.55. The number of aromatic nitrogens is 1. The van der Waals surface area contributed by atoms with Gasteiger partial charge in [0.2, 0.25) is 0 Å². The highest BCUT2D eigenvalue weighted by Crippen LogP contribution is 2.22. The molecule has 1 fully saturated rings. The zero-order chi connectivity index (χ0) is 11.8. The van der Waals surface area contributed by atoms with Crippen molar-refractivity contribution in [3.05, 3.63) is 36.0 Å². The Bertz CT molecular complexity index is 565. The highest BCUT2D eigenvalue weighted by molar-refractivity contribution is 6.06. The molecule has 0 bridgehead atoms. The van der Waals surface area contributed by atoms with Crippen LogP contribution in [0, 0.1) is 0 Å². The molecule has 88 valence electrons. The zero-order valence-electron chi connectivity index (χ0n) is 10.0. The number of amides is 1. The first-order chi connectivity index (χ1) is 8.27. The van der Waals surface area contributed by atoms with E-state index in [-0.39, 0.29) is 5.91 Å². The predicted molar refractivity (Wildman–Crippen MR) is 68.1 cm³/mol. The number of carbonyl (C=O) groups is 1. The molecule has 1 aliphatic heterocycles. The fraction of sp³-hybridized carbons (Fsp3) is 0.357. The van der Waals surface area contributed by atoms with Crippen LogP contribution >= 0.6 is 0 Å². The van der Waals surface area contributed by atoms with Crippen LogP contribution in [0.5, 0.6) is 0 Å². The highest BCUT2D eigenvalue weighted by atomic mass is 16.2. The van der Waals surface area contributed by atoms with Crippen molar-refractivity contribution in [2.75, 3.05) is 13.1 Å². The van der Waals surface area contributed by atoms with E-state index in [9.17, 15) is 4.79 Å². The van der Waals surface area contributed by atoms with Crippen molar-refractivity contribution in [2.45, 2.75) is 12.8 Å². The summed E-state index contributed by atoms with van der Waals surface area (Å²) in [7, 11) is 2.01. The second-order valence-electron chi connectivity index (χ2n) is 4.66. The van der Waals surface area contributed by atoms with Gasteiger partial charge in [-0.1, -0.05) is 6.07 Å². The highest BCUT2D eigenvalue weighted by Gasteiger charge is 2.21. The summed E-state index contributed by atoms with van der Waals surface area (Å²) in [5, 5.41) is 1.06. The van der Waals surface area contributed by atoms with Gasteiger partial charge in [-0.15, -0.1) is 0 Å². The average molecular weight is 228 g/mol. The van der Waals surface area contributed by atoms with Gasteiger partial charge in [-0.2, -0.15) is 0 Å². The van der Waals surface area contributed by atoms with Crippen LogP contribution < -0.4 is 0 Å². The third kappa shape index (κ3) is 1.62. The molecule has 3 nitrogen and oxygen atoms in total. The van der Waals surface area contributed by atoms with Gasteiger partial charge in [-0.3, -0.25) is 4.79 Å². The molecule has 0 spiro atoms. The summed E-state index contributed by atoms with van der Waals surface area (Å²) < 4.78 is 2.05. The molecule has 1 saturated heterocycles. The first kappa shape index (κ1) is 10.4. The van der Waals surface area contributed by atoms with E-state index in [1.54, 1.807) is 0 Å². The smallest absolute Gasteiger partial charge is 0.254 e. The predicted octanol–water partition coefficient (Wildman–Crippen LogP) is 2.41. The van der Waals surface area contributed by atoms with E-state index in [2.05, 4.69) is 10.6 Å². The third-order valence-electron chi connectivity index (χ3n) is 3.55. The second kappa shape index (κ2) is 3.91. The van der Waals surface area contributed by atoms with Gasteiger partial charge in [-0.05, 0) is 31.0 Å². The lowest BCUT2D eigenvalue weighted by Crippen LogP contribution is -2.27. The van der Waals surface area contributed by atoms with E-state index in [0.717, 1.165) is 42.4 Å². The molecule has 0 N–H and O–H groups in total. The largest absolute Gasteiger partial charge is 0.351 e. The van der Waals surface area contributed by atoms with Crippen LogP contribution in [0.15, 0.2) is 30.5 Å². The normalized spacial score (nSPS) is 15.7. The number of rotatable bonds is 1. The standard InChI is InChI=1S/C14H16N2O/c1-15-10-7-11-12(5-4-6-13(11)15)14(17)16-8-2-3-9-16/h4-7,10H,2-3,8-9H2,1H3.